The van der Waals surface area contributed by atoms with E-state index in [1.807, 2.05) is 0 Å². The Kier molecular flexibility index (Phi) is 5.73. The van der Waals surface area contributed by atoms with Crippen molar-refractivity contribution in [2.45, 2.75) is 20.8 Å². The quantitative estimate of drug-likeness (QED) is 0.391. The molecule has 0 unspecified atom stereocenters. The zero-order chi connectivity index (χ0) is 12.7. The summed E-state index contributed by atoms with van der Waals surface area (Å²) < 4.78 is 6.55. The average molecular weight is 243 g/mol. The first-order valence-corrected chi connectivity index (χ1v) is 8.61. The summed E-state index contributed by atoms with van der Waals surface area (Å²) in [5.74, 6) is 0. The fourth-order valence-electron chi connectivity index (χ4n) is 2.27. The summed E-state index contributed by atoms with van der Waals surface area (Å²) in [6.07, 6.45) is 7.64. The molecule has 0 radical (unpaired) electrons. The van der Waals surface area contributed by atoms with E-state index in [1.54, 1.807) is 7.11 Å². The minimum absolute atomic E-state index is 0.618. The molecule has 0 rings (SSSR count). The fraction of sp³-hybridized carbons (Fsp3) is 0.818. The van der Waals surface area contributed by atoms with E-state index in [-0.39, 0.29) is 0 Å². The number of rotatable bonds is 7. The van der Waals surface area contributed by atoms with Crippen molar-refractivity contribution in [3.05, 3.63) is 0 Å². The Bertz CT molecular complexity index is 276. The molecule has 0 aromatic carbocycles. The van der Waals surface area contributed by atoms with E-state index in [9.17, 15) is 0 Å². The van der Waals surface area contributed by atoms with Crippen molar-refractivity contribution in [3.63, 3.8) is 0 Å². The van der Waals surface area contributed by atoms with Crippen LogP contribution in [0.3, 0.4) is 0 Å². The summed E-state index contributed by atoms with van der Waals surface area (Å²) >= 11 is 0. The van der Waals surface area contributed by atoms with E-state index in [2.05, 4.69) is 33.2 Å². The maximum atomic E-state index is 9.16. The molecule has 16 heavy (non-hydrogen) atoms. The SMILES string of the molecule is CCP(CC)(CC)(CCOC)N(C#N)C#N. The molecule has 0 amide bonds. The molecule has 0 aromatic heterocycles. The molecule has 0 aromatic rings. The average Bonchev–Trinajstić information content (AvgIpc) is 2.36. The van der Waals surface area contributed by atoms with Crippen LogP contribution in [0.15, 0.2) is 0 Å². The number of methoxy groups -OCH3 is 1. The summed E-state index contributed by atoms with van der Waals surface area (Å²) in [6.45, 7) is 4.46. The minimum atomic E-state index is -2.41. The molecular weight excluding hydrogens is 221 g/mol. The monoisotopic (exact) mass is 243 g/mol. The molecule has 0 aliphatic rings. The molecule has 5 heteroatoms. The standard InChI is InChI=1S/C11H22N3OP/c1-5-16(6-2,7-3,9-8-15-4)14(10-12)11-13/h5-9H2,1-4H3. The second-order valence-corrected chi connectivity index (χ2v) is 10.6. The van der Waals surface area contributed by atoms with Gasteiger partial charge in [0, 0.05) is 0 Å². The van der Waals surface area contributed by atoms with Crippen molar-refractivity contribution in [2.24, 2.45) is 0 Å². The third kappa shape index (κ3) is 2.29. The summed E-state index contributed by atoms with van der Waals surface area (Å²) in [5, 5.41) is 18.3. The zero-order valence-electron chi connectivity index (χ0n) is 10.7. The van der Waals surface area contributed by atoms with Crippen LogP contribution in [0.5, 0.6) is 0 Å². The van der Waals surface area contributed by atoms with Crippen molar-refractivity contribution >= 4 is 6.75 Å². The van der Waals surface area contributed by atoms with Crippen molar-refractivity contribution < 1.29 is 4.74 Å². The van der Waals surface area contributed by atoms with Gasteiger partial charge in [-0.3, -0.25) is 0 Å². The van der Waals surface area contributed by atoms with Gasteiger partial charge in [0.15, 0.2) is 0 Å². The fourth-order valence-corrected chi connectivity index (χ4v) is 6.77. The van der Waals surface area contributed by atoms with Crippen molar-refractivity contribution in [2.75, 3.05) is 38.4 Å². The van der Waals surface area contributed by atoms with Crippen LogP contribution in [0, 0.1) is 22.9 Å². The third-order valence-electron chi connectivity index (χ3n) is 4.06. The van der Waals surface area contributed by atoms with Gasteiger partial charge in [0.25, 0.3) is 0 Å². The molecule has 0 aliphatic carbocycles. The number of hydrogen-bond donors (Lipinski definition) is 0. The Hall–Kier alpha value is -0.830. The van der Waals surface area contributed by atoms with E-state index < -0.39 is 6.75 Å². The van der Waals surface area contributed by atoms with Crippen LogP contribution in [0.1, 0.15) is 20.8 Å². The first-order chi connectivity index (χ1) is 7.58. The van der Waals surface area contributed by atoms with Gasteiger partial charge in [-0.1, -0.05) is 0 Å². The van der Waals surface area contributed by atoms with E-state index in [0.717, 1.165) is 24.6 Å². The number of nitrogens with zero attached hydrogens (tertiary/aromatic N) is 3. The maximum absolute atomic E-state index is 9.16. The van der Waals surface area contributed by atoms with Gasteiger partial charge in [0.05, 0.1) is 0 Å². The molecule has 0 aliphatic heterocycles. The number of nitriles is 2. The Morgan fingerprint density at radius 2 is 1.50 bits per heavy atom. The van der Waals surface area contributed by atoms with Gasteiger partial charge >= 0.3 is 98.2 Å². The van der Waals surface area contributed by atoms with Gasteiger partial charge in [0.1, 0.15) is 0 Å². The van der Waals surface area contributed by atoms with Gasteiger partial charge < -0.3 is 0 Å². The van der Waals surface area contributed by atoms with Gasteiger partial charge in [0.2, 0.25) is 0 Å². The topological polar surface area (TPSA) is 60.0 Å². The van der Waals surface area contributed by atoms with Crippen LogP contribution < -0.4 is 0 Å². The van der Waals surface area contributed by atoms with Gasteiger partial charge in [-0.2, -0.15) is 0 Å². The van der Waals surface area contributed by atoms with Gasteiger partial charge in [-0.25, -0.2) is 0 Å². The van der Waals surface area contributed by atoms with Crippen molar-refractivity contribution in [1.29, 1.82) is 10.5 Å². The molecule has 92 valence electrons. The predicted molar refractivity (Wildman–Crippen MR) is 68.4 cm³/mol. The Labute approximate surface area is 98.8 Å². The van der Waals surface area contributed by atoms with Crippen LogP contribution >= 0.6 is 6.75 Å². The predicted octanol–water partition coefficient (Wildman–Crippen LogP) is 2.42. The van der Waals surface area contributed by atoms with E-state index in [0.29, 0.717) is 6.61 Å². The molecule has 0 saturated carbocycles. The molecular formula is C11H22N3OP. The zero-order valence-corrected chi connectivity index (χ0v) is 11.6. The molecule has 0 fully saturated rings. The van der Waals surface area contributed by atoms with Gasteiger partial charge in [-0.15, -0.1) is 0 Å². The summed E-state index contributed by atoms with van der Waals surface area (Å²) in [4.78, 5) is 0. The van der Waals surface area contributed by atoms with Crippen LogP contribution in [0.2, 0.25) is 0 Å². The Morgan fingerprint density at radius 1 is 1.06 bits per heavy atom. The second-order valence-electron chi connectivity index (χ2n) is 4.08. The van der Waals surface area contributed by atoms with Crippen LogP contribution in [-0.2, 0) is 4.74 Å². The molecule has 0 atom stereocenters. The Balaban J connectivity index is 5.45. The van der Waals surface area contributed by atoms with E-state index in [1.165, 1.54) is 4.67 Å². The van der Waals surface area contributed by atoms with Crippen LogP contribution in [0.25, 0.3) is 0 Å². The van der Waals surface area contributed by atoms with E-state index in [4.69, 9.17) is 15.3 Å². The van der Waals surface area contributed by atoms with Crippen molar-refractivity contribution in [1.82, 2.24) is 4.67 Å². The molecule has 0 saturated heterocycles. The van der Waals surface area contributed by atoms with Gasteiger partial charge in [-0.05, 0) is 0 Å². The normalized spacial score (nSPS) is 13.2. The first-order valence-electron chi connectivity index (χ1n) is 5.68. The summed E-state index contributed by atoms with van der Waals surface area (Å²) in [5.41, 5.74) is 0. The molecule has 0 spiro atoms. The first kappa shape index (κ1) is 15.2. The number of hydrogen-bond acceptors (Lipinski definition) is 4. The molecule has 0 N–H and O–H groups in total. The Morgan fingerprint density at radius 3 is 1.75 bits per heavy atom. The second kappa shape index (κ2) is 6.04. The van der Waals surface area contributed by atoms with Crippen LogP contribution in [-0.4, -0.2) is 43.0 Å². The molecule has 4 nitrogen and oxygen atoms in total. The number of ether oxygens (including phenoxy) is 1. The summed E-state index contributed by atoms with van der Waals surface area (Å²) in [7, 11) is 1.66. The van der Waals surface area contributed by atoms with E-state index >= 15 is 0 Å². The van der Waals surface area contributed by atoms with Crippen molar-refractivity contribution in [3.8, 4) is 12.4 Å². The van der Waals surface area contributed by atoms with Crippen LogP contribution in [0.4, 0.5) is 0 Å². The molecule has 0 heterocycles. The summed E-state index contributed by atoms with van der Waals surface area (Å²) in [6, 6.07) is 0. The third-order valence-corrected chi connectivity index (χ3v) is 11.6. The molecule has 0 bridgehead atoms.